The second-order valence-corrected chi connectivity index (χ2v) is 3.67. The number of nitrogens with one attached hydrogen (secondary N) is 1. The first-order valence-corrected chi connectivity index (χ1v) is 5.15. The molecule has 0 bridgehead atoms. The maximum atomic E-state index is 5.86. The summed E-state index contributed by atoms with van der Waals surface area (Å²) < 4.78 is 5.86. The van der Waals surface area contributed by atoms with Crippen LogP contribution in [0.4, 0.5) is 0 Å². The van der Waals surface area contributed by atoms with E-state index in [2.05, 4.69) is 10.3 Å². The summed E-state index contributed by atoms with van der Waals surface area (Å²) >= 11 is 0. The van der Waals surface area contributed by atoms with Crippen molar-refractivity contribution in [2.75, 3.05) is 13.1 Å². The minimum absolute atomic E-state index is 0. The molecule has 0 aromatic carbocycles. The smallest absolute Gasteiger partial charge is 0.140 e. The summed E-state index contributed by atoms with van der Waals surface area (Å²) in [6.07, 6.45) is 4.44. The Hall–Kier alpha value is -0.510. The van der Waals surface area contributed by atoms with Gasteiger partial charge in [0.2, 0.25) is 0 Å². The molecule has 5 heteroatoms. The minimum Gasteiger partial charge on any atom is -0.487 e. The zero-order valence-corrected chi connectivity index (χ0v) is 10.9. The van der Waals surface area contributed by atoms with Crippen LogP contribution in [0.15, 0.2) is 18.3 Å². The normalized spacial score (nSPS) is 19.2. The number of rotatable bonds is 2. The van der Waals surface area contributed by atoms with Gasteiger partial charge in [-0.15, -0.1) is 24.8 Å². The van der Waals surface area contributed by atoms with Crippen LogP contribution >= 0.6 is 24.8 Å². The highest BCUT2D eigenvalue weighted by atomic mass is 35.5. The van der Waals surface area contributed by atoms with Crippen molar-refractivity contribution in [1.29, 1.82) is 0 Å². The van der Waals surface area contributed by atoms with Crippen LogP contribution in [0.1, 0.15) is 18.5 Å². The third-order valence-corrected chi connectivity index (χ3v) is 2.50. The van der Waals surface area contributed by atoms with E-state index in [1.807, 2.05) is 19.1 Å². The molecule has 1 aromatic heterocycles. The zero-order valence-electron chi connectivity index (χ0n) is 9.31. The molecule has 1 aromatic rings. The highest BCUT2D eigenvalue weighted by Crippen LogP contribution is 2.17. The van der Waals surface area contributed by atoms with E-state index in [0.717, 1.165) is 31.0 Å². The van der Waals surface area contributed by atoms with Crippen molar-refractivity contribution in [3.05, 3.63) is 24.0 Å². The molecule has 1 fully saturated rings. The SMILES string of the molecule is Cc1ncccc1OC1CCCNC1.Cl.Cl. The number of hydrogen-bond donors (Lipinski definition) is 1. The van der Waals surface area contributed by atoms with E-state index in [1.54, 1.807) is 6.20 Å². The van der Waals surface area contributed by atoms with Gasteiger partial charge in [0.1, 0.15) is 11.9 Å². The van der Waals surface area contributed by atoms with Gasteiger partial charge >= 0.3 is 0 Å². The van der Waals surface area contributed by atoms with Gasteiger partial charge in [0.15, 0.2) is 0 Å². The van der Waals surface area contributed by atoms with E-state index < -0.39 is 0 Å². The Morgan fingerprint density at radius 2 is 2.25 bits per heavy atom. The number of piperidine rings is 1. The van der Waals surface area contributed by atoms with Crippen LogP contribution in [0.25, 0.3) is 0 Å². The van der Waals surface area contributed by atoms with Crippen molar-refractivity contribution in [3.8, 4) is 5.75 Å². The van der Waals surface area contributed by atoms with Crippen LogP contribution in [0.5, 0.6) is 5.75 Å². The number of nitrogens with zero attached hydrogens (tertiary/aromatic N) is 1. The second-order valence-electron chi connectivity index (χ2n) is 3.67. The summed E-state index contributed by atoms with van der Waals surface area (Å²) in [6, 6.07) is 3.90. The van der Waals surface area contributed by atoms with E-state index in [1.165, 1.54) is 6.42 Å². The Balaban J connectivity index is 0.00000112. The first-order chi connectivity index (χ1) is 6.86. The first-order valence-electron chi connectivity index (χ1n) is 5.15. The van der Waals surface area contributed by atoms with E-state index in [4.69, 9.17) is 4.74 Å². The van der Waals surface area contributed by atoms with Gasteiger partial charge in [0, 0.05) is 12.7 Å². The van der Waals surface area contributed by atoms with Crippen LogP contribution in [-0.4, -0.2) is 24.2 Å². The third kappa shape index (κ3) is 4.16. The molecule has 1 N–H and O–H groups in total. The van der Waals surface area contributed by atoms with Crippen molar-refractivity contribution in [2.45, 2.75) is 25.9 Å². The largest absolute Gasteiger partial charge is 0.487 e. The van der Waals surface area contributed by atoms with Crippen molar-refractivity contribution < 1.29 is 4.74 Å². The molecule has 16 heavy (non-hydrogen) atoms. The fourth-order valence-corrected chi connectivity index (χ4v) is 1.69. The molecule has 3 nitrogen and oxygen atoms in total. The van der Waals surface area contributed by atoms with Gasteiger partial charge in [-0.05, 0) is 38.4 Å². The van der Waals surface area contributed by atoms with E-state index in [9.17, 15) is 0 Å². The summed E-state index contributed by atoms with van der Waals surface area (Å²) in [6.45, 7) is 4.05. The highest BCUT2D eigenvalue weighted by Gasteiger charge is 2.14. The standard InChI is InChI=1S/C11H16N2O.2ClH/c1-9-11(5-3-7-13-9)14-10-4-2-6-12-8-10;;/h3,5,7,10,12H,2,4,6,8H2,1H3;2*1H. The lowest BCUT2D eigenvalue weighted by Crippen LogP contribution is -2.37. The molecule has 92 valence electrons. The summed E-state index contributed by atoms with van der Waals surface area (Å²) in [5.41, 5.74) is 0.970. The number of halogens is 2. The number of ether oxygens (including phenoxy) is 1. The van der Waals surface area contributed by atoms with Crippen molar-refractivity contribution in [2.24, 2.45) is 0 Å². The minimum atomic E-state index is 0. The average Bonchev–Trinajstić information content (AvgIpc) is 2.23. The lowest BCUT2D eigenvalue weighted by molar-refractivity contribution is 0.165. The molecule has 2 rings (SSSR count). The number of pyridine rings is 1. The van der Waals surface area contributed by atoms with Gasteiger partial charge in [-0.3, -0.25) is 4.98 Å². The maximum absolute atomic E-state index is 5.86. The summed E-state index contributed by atoms with van der Waals surface area (Å²) in [7, 11) is 0. The average molecular weight is 265 g/mol. The molecule has 0 radical (unpaired) electrons. The van der Waals surface area contributed by atoms with Gasteiger partial charge in [0.05, 0.1) is 5.69 Å². The lowest BCUT2D eigenvalue weighted by Gasteiger charge is -2.24. The molecule has 1 atom stereocenters. The van der Waals surface area contributed by atoms with Crippen LogP contribution in [0.2, 0.25) is 0 Å². The fourth-order valence-electron chi connectivity index (χ4n) is 1.69. The third-order valence-electron chi connectivity index (χ3n) is 2.50. The monoisotopic (exact) mass is 264 g/mol. The summed E-state index contributed by atoms with van der Waals surface area (Å²) in [5.74, 6) is 0.918. The quantitative estimate of drug-likeness (QED) is 0.891. The Kier molecular flexibility index (Phi) is 7.47. The Bertz CT molecular complexity index is 304. The van der Waals surface area contributed by atoms with Crippen LogP contribution in [0, 0.1) is 6.92 Å². The van der Waals surface area contributed by atoms with Crippen LogP contribution in [-0.2, 0) is 0 Å². The van der Waals surface area contributed by atoms with E-state index >= 15 is 0 Å². The lowest BCUT2D eigenvalue weighted by atomic mass is 10.1. The molecule has 1 unspecified atom stereocenters. The summed E-state index contributed by atoms with van der Waals surface area (Å²) in [4.78, 5) is 4.20. The van der Waals surface area contributed by atoms with Gasteiger partial charge in [-0.2, -0.15) is 0 Å². The fraction of sp³-hybridized carbons (Fsp3) is 0.545. The van der Waals surface area contributed by atoms with Gasteiger partial charge in [-0.1, -0.05) is 0 Å². The van der Waals surface area contributed by atoms with Gasteiger partial charge < -0.3 is 10.1 Å². The molecular formula is C11H18Cl2N2O. The van der Waals surface area contributed by atoms with E-state index in [-0.39, 0.29) is 24.8 Å². The molecule has 0 aliphatic carbocycles. The second kappa shape index (κ2) is 7.71. The molecule has 1 saturated heterocycles. The predicted octanol–water partition coefficient (Wildman–Crippen LogP) is 2.36. The topological polar surface area (TPSA) is 34.1 Å². The van der Waals surface area contributed by atoms with Crippen molar-refractivity contribution in [3.63, 3.8) is 0 Å². The number of hydrogen-bond acceptors (Lipinski definition) is 3. The first kappa shape index (κ1) is 15.5. The Morgan fingerprint density at radius 1 is 1.44 bits per heavy atom. The zero-order chi connectivity index (χ0) is 9.80. The Labute approximate surface area is 109 Å². The van der Waals surface area contributed by atoms with Gasteiger partial charge in [-0.25, -0.2) is 0 Å². The molecule has 1 aliphatic heterocycles. The summed E-state index contributed by atoms with van der Waals surface area (Å²) in [5, 5.41) is 3.33. The van der Waals surface area contributed by atoms with E-state index in [0.29, 0.717) is 6.10 Å². The Morgan fingerprint density at radius 3 is 2.88 bits per heavy atom. The highest BCUT2D eigenvalue weighted by molar-refractivity contribution is 5.85. The molecule has 2 heterocycles. The van der Waals surface area contributed by atoms with Crippen molar-refractivity contribution in [1.82, 2.24) is 10.3 Å². The number of aryl methyl sites for hydroxylation is 1. The maximum Gasteiger partial charge on any atom is 0.140 e. The van der Waals surface area contributed by atoms with Crippen LogP contribution < -0.4 is 10.1 Å². The molecular weight excluding hydrogens is 247 g/mol. The number of aromatic nitrogens is 1. The van der Waals surface area contributed by atoms with Gasteiger partial charge in [0.25, 0.3) is 0 Å². The molecule has 0 amide bonds. The van der Waals surface area contributed by atoms with Crippen LogP contribution in [0.3, 0.4) is 0 Å². The molecule has 0 spiro atoms. The molecule has 0 saturated carbocycles. The van der Waals surface area contributed by atoms with Crippen molar-refractivity contribution >= 4 is 24.8 Å². The molecule has 1 aliphatic rings. The predicted molar refractivity (Wildman–Crippen MR) is 70.0 cm³/mol.